The summed E-state index contributed by atoms with van der Waals surface area (Å²) >= 11 is 0. The van der Waals surface area contributed by atoms with Crippen molar-refractivity contribution in [3.05, 3.63) is 65.2 Å². The number of aryl methyl sites for hydroxylation is 1. The van der Waals surface area contributed by atoms with Crippen molar-refractivity contribution in [2.45, 2.75) is 26.2 Å². The molecule has 106 valence electrons. The largest absolute Gasteiger partial charge is 0.325 e. The van der Waals surface area contributed by atoms with Gasteiger partial charge in [-0.3, -0.25) is 4.79 Å². The highest BCUT2D eigenvalue weighted by atomic mass is 16.2. The maximum absolute atomic E-state index is 12.5. The van der Waals surface area contributed by atoms with Crippen LogP contribution in [-0.2, 0) is 10.2 Å². The topological polar surface area (TPSA) is 52.9 Å². The van der Waals surface area contributed by atoms with Crippen molar-refractivity contribution in [1.29, 1.82) is 5.26 Å². The van der Waals surface area contributed by atoms with Crippen LogP contribution < -0.4 is 5.32 Å². The number of hydrogen-bond donors (Lipinski definition) is 1. The van der Waals surface area contributed by atoms with Crippen LogP contribution in [0.2, 0.25) is 0 Å². The number of carbonyl (C=O) groups is 1. The van der Waals surface area contributed by atoms with Crippen molar-refractivity contribution in [2.24, 2.45) is 0 Å². The van der Waals surface area contributed by atoms with E-state index in [-0.39, 0.29) is 5.91 Å². The molecule has 3 nitrogen and oxygen atoms in total. The molecule has 0 aliphatic carbocycles. The summed E-state index contributed by atoms with van der Waals surface area (Å²) in [6.07, 6.45) is 0. The normalized spacial score (nSPS) is 10.8. The minimum Gasteiger partial charge on any atom is -0.325 e. The molecule has 0 unspecified atom stereocenters. The molecule has 0 atom stereocenters. The molecule has 0 fully saturated rings. The van der Waals surface area contributed by atoms with Gasteiger partial charge in [-0.25, -0.2) is 0 Å². The van der Waals surface area contributed by atoms with Gasteiger partial charge in [-0.2, -0.15) is 5.26 Å². The Balaban J connectivity index is 2.17. The predicted molar refractivity (Wildman–Crippen MR) is 84.0 cm³/mol. The summed E-state index contributed by atoms with van der Waals surface area (Å²) in [7, 11) is 0. The Kier molecular flexibility index (Phi) is 4.09. The van der Waals surface area contributed by atoms with E-state index in [1.54, 1.807) is 24.3 Å². The minimum absolute atomic E-state index is 0.0731. The third-order valence-corrected chi connectivity index (χ3v) is 3.61. The molecule has 3 heteroatoms. The summed E-state index contributed by atoms with van der Waals surface area (Å²) in [5.74, 6) is -0.0731. The molecule has 0 saturated heterocycles. The zero-order valence-corrected chi connectivity index (χ0v) is 12.5. The number of amides is 1. The van der Waals surface area contributed by atoms with Crippen LogP contribution in [0.3, 0.4) is 0 Å². The van der Waals surface area contributed by atoms with E-state index in [1.165, 1.54) is 5.56 Å². The lowest BCUT2D eigenvalue weighted by molar-refractivity contribution is -0.120. The Hall–Kier alpha value is -2.60. The SMILES string of the molecule is Cc1ccc(C(C)(C)C(=O)Nc2ccc(C#N)cc2)cc1. The van der Waals surface area contributed by atoms with Gasteiger partial charge in [0.05, 0.1) is 17.0 Å². The van der Waals surface area contributed by atoms with E-state index in [9.17, 15) is 4.79 Å². The second-order valence-electron chi connectivity index (χ2n) is 5.63. The second-order valence-corrected chi connectivity index (χ2v) is 5.63. The van der Waals surface area contributed by atoms with Gasteiger partial charge in [0.15, 0.2) is 0 Å². The highest BCUT2D eigenvalue weighted by Crippen LogP contribution is 2.25. The van der Waals surface area contributed by atoms with Crippen molar-refractivity contribution in [3.8, 4) is 6.07 Å². The fraction of sp³-hybridized carbons (Fsp3) is 0.222. The van der Waals surface area contributed by atoms with E-state index >= 15 is 0 Å². The number of nitrogens with zero attached hydrogens (tertiary/aromatic N) is 1. The fourth-order valence-electron chi connectivity index (χ4n) is 2.02. The van der Waals surface area contributed by atoms with Crippen LogP contribution in [0.4, 0.5) is 5.69 Å². The number of anilines is 1. The molecular formula is C18H18N2O. The van der Waals surface area contributed by atoms with Gasteiger partial charge in [-0.1, -0.05) is 29.8 Å². The summed E-state index contributed by atoms with van der Waals surface area (Å²) in [6.45, 7) is 5.82. The molecule has 0 spiro atoms. The lowest BCUT2D eigenvalue weighted by Crippen LogP contribution is -2.34. The summed E-state index contributed by atoms with van der Waals surface area (Å²) in [5.41, 5.74) is 2.79. The molecular weight excluding hydrogens is 260 g/mol. The molecule has 0 aliphatic rings. The first-order valence-corrected chi connectivity index (χ1v) is 6.82. The smallest absolute Gasteiger partial charge is 0.234 e. The van der Waals surface area contributed by atoms with Gasteiger partial charge in [-0.05, 0) is 50.6 Å². The summed E-state index contributed by atoms with van der Waals surface area (Å²) in [6, 6.07) is 16.9. The monoisotopic (exact) mass is 278 g/mol. The molecule has 0 radical (unpaired) electrons. The number of benzene rings is 2. The van der Waals surface area contributed by atoms with Crippen molar-refractivity contribution >= 4 is 11.6 Å². The number of rotatable bonds is 3. The average Bonchev–Trinajstić information content (AvgIpc) is 2.48. The molecule has 1 N–H and O–H groups in total. The van der Waals surface area contributed by atoms with Crippen molar-refractivity contribution in [3.63, 3.8) is 0 Å². The highest BCUT2D eigenvalue weighted by molar-refractivity contribution is 5.98. The summed E-state index contributed by atoms with van der Waals surface area (Å²) < 4.78 is 0. The Morgan fingerprint density at radius 2 is 1.62 bits per heavy atom. The molecule has 2 rings (SSSR count). The summed E-state index contributed by atoms with van der Waals surface area (Å²) in [4.78, 5) is 12.5. The molecule has 0 aromatic heterocycles. The Labute approximate surface area is 125 Å². The summed E-state index contributed by atoms with van der Waals surface area (Å²) in [5, 5.41) is 11.7. The molecule has 0 aliphatic heterocycles. The van der Waals surface area contributed by atoms with Gasteiger partial charge in [0.25, 0.3) is 0 Å². The zero-order valence-electron chi connectivity index (χ0n) is 12.5. The third kappa shape index (κ3) is 3.29. The number of carbonyl (C=O) groups excluding carboxylic acids is 1. The minimum atomic E-state index is -0.623. The van der Waals surface area contributed by atoms with Crippen LogP contribution in [0.25, 0.3) is 0 Å². The molecule has 2 aromatic rings. The maximum Gasteiger partial charge on any atom is 0.234 e. The van der Waals surface area contributed by atoms with Crippen LogP contribution in [0.15, 0.2) is 48.5 Å². The van der Waals surface area contributed by atoms with Crippen molar-refractivity contribution < 1.29 is 4.79 Å². The van der Waals surface area contributed by atoms with E-state index in [4.69, 9.17) is 5.26 Å². The molecule has 21 heavy (non-hydrogen) atoms. The van der Waals surface area contributed by atoms with E-state index in [0.717, 1.165) is 5.56 Å². The van der Waals surface area contributed by atoms with Gasteiger partial charge in [-0.15, -0.1) is 0 Å². The lowest BCUT2D eigenvalue weighted by Gasteiger charge is -2.24. The standard InChI is InChI=1S/C18H18N2O/c1-13-4-8-15(9-5-13)18(2,3)17(21)20-16-10-6-14(12-19)7-11-16/h4-11H,1-3H3,(H,20,21). The van der Waals surface area contributed by atoms with Gasteiger partial charge in [0.1, 0.15) is 0 Å². The second kappa shape index (κ2) is 5.80. The molecule has 0 heterocycles. The van der Waals surface area contributed by atoms with Crippen LogP contribution in [-0.4, -0.2) is 5.91 Å². The van der Waals surface area contributed by atoms with E-state index in [2.05, 4.69) is 11.4 Å². The fourth-order valence-corrected chi connectivity index (χ4v) is 2.02. The van der Waals surface area contributed by atoms with Crippen molar-refractivity contribution in [1.82, 2.24) is 0 Å². The highest BCUT2D eigenvalue weighted by Gasteiger charge is 2.29. The van der Waals surface area contributed by atoms with Crippen LogP contribution in [0.1, 0.15) is 30.5 Å². The third-order valence-electron chi connectivity index (χ3n) is 3.61. The Bertz CT molecular complexity index is 677. The molecule has 0 saturated carbocycles. The first kappa shape index (κ1) is 14.8. The van der Waals surface area contributed by atoms with Crippen LogP contribution >= 0.6 is 0 Å². The molecule has 1 amide bonds. The van der Waals surface area contributed by atoms with Crippen LogP contribution in [0, 0.1) is 18.3 Å². The number of hydrogen-bond acceptors (Lipinski definition) is 2. The van der Waals surface area contributed by atoms with Gasteiger partial charge in [0, 0.05) is 5.69 Å². The average molecular weight is 278 g/mol. The van der Waals surface area contributed by atoms with E-state index in [0.29, 0.717) is 11.3 Å². The zero-order chi connectivity index (χ0) is 15.5. The lowest BCUT2D eigenvalue weighted by atomic mass is 9.83. The number of nitriles is 1. The Morgan fingerprint density at radius 3 is 2.14 bits per heavy atom. The van der Waals surface area contributed by atoms with Crippen molar-refractivity contribution in [2.75, 3.05) is 5.32 Å². The number of nitrogens with one attached hydrogen (secondary N) is 1. The van der Waals surface area contributed by atoms with Crippen LogP contribution in [0.5, 0.6) is 0 Å². The first-order valence-electron chi connectivity index (χ1n) is 6.82. The van der Waals surface area contributed by atoms with Gasteiger partial charge >= 0.3 is 0 Å². The quantitative estimate of drug-likeness (QED) is 0.928. The first-order chi connectivity index (χ1) is 9.93. The molecule has 2 aromatic carbocycles. The van der Waals surface area contributed by atoms with Gasteiger partial charge < -0.3 is 5.32 Å². The van der Waals surface area contributed by atoms with E-state index in [1.807, 2.05) is 45.0 Å². The van der Waals surface area contributed by atoms with E-state index < -0.39 is 5.41 Å². The Morgan fingerprint density at radius 1 is 1.05 bits per heavy atom. The molecule has 0 bridgehead atoms. The van der Waals surface area contributed by atoms with Gasteiger partial charge in [0.2, 0.25) is 5.91 Å². The maximum atomic E-state index is 12.5. The predicted octanol–water partition coefficient (Wildman–Crippen LogP) is 3.78.